The molecule has 0 radical (unpaired) electrons. The van der Waals surface area contributed by atoms with Gasteiger partial charge in [0.1, 0.15) is 5.76 Å². The molecule has 100 valence electrons. The van der Waals surface area contributed by atoms with Crippen molar-refractivity contribution in [3.8, 4) is 12.3 Å². The van der Waals surface area contributed by atoms with Crippen LogP contribution in [0.25, 0.3) is 0 Å². The van der Waals surface area contributed by atoms with E-state index in [2.05, 4.69) is 30.0 Å². The molecular formula is C15H24N2O. The van der Waals surface area contributed by atoms with Gasteiger partial charge in [-0.25, -0.2) is 0 Å². The molecule has 18 heavy (non-hydrogen) atoms. The van der Waals surface area contributed by atoms with Crippen LogP contribution in [0.15, 0.2) is 16.7 Å². The maximum atomic E-state index is 5.57. The van der Waals surface area contributed by atoms with Gasteiger partial charge in [0.2, 0.25) is 0 Å². The quantitative estimate of drug-likeness (QED) is 0.538. The summed E-state index contributed by atoms with van der Waals surface area (Å²) in [7, 11) is 0. The lowest BCUT2D eigenvalue weighted by Gasteiger charge is -2.18. The molecule has 0 aliphatic carbocycles. The molecule has 3 nitrogen and oxygen atoms in total. The van der Waals surface area contributed by atoms with Gasteiger partial charge in [-0.15, -0.1) is 6.42 Å². The summed E-state index contributed by atoms with van der Waals surface area (Å²) in [6.07, 6.45) is 9.40. The van der Waals surface area contributed by atoms with Crippen LogP contribution in [-0.4, -0.2) is 24.5 Å². The molecule has 3 heteroatoms. The van der Waals surface area contributed by atoms with E-state index in [-0.39, 0.29) is 0 Å². The van der Waals surface area contributed by atoms with Crippen LogP contribution < -0.4 is 5.32 Å². The number of rotatable bonds is 9. The van der Waals surface area contributed by atoms with Gasteiger partial charge in [0.05, 0.1) is 19.4 Å². The Kier molecular flexibility index (Phi) is 7.24. The molecule has 0 saturated carbocycles. The number of terminal acetylenes is 1. The molecule has 0 amide bonds. The maximum Gasteiger partial charge on any atom is 0.122 e. The Morgan fingerprint density at radius 2 is 2.22 bits per heavy atom. The standard InChI is InChI=1S/C15H24N2O/c1-4-8-16-12-14-7-11-18-15(14)13-17(9-5-2)10-6-3/h2,7,11,16H,4,6,8-10,12-13H2,1,3H3. The molecule has 0 saturated heterocycles. The first-order valence-corrected chi connectivity index (χ1v) is 6.73. The van der Waals surface area contributed by atoms with E-state index in [1.165, 1.54) is 5.56 Å². The van der Waals surface area contributed by atoms with Crippen molar-refractivity contribution in [2.75, 3.05) is 19.6 Å². The van der Waals surface area contributed by atoms with E-state index in [1.807, 2.05) is 6.07 Å². The first-order chi connectivity index (χ1) is 8.81. The summed E-state index contributed by atoms with van der Waals surface area (Å²) < 4.78 is 5.57. The lowest BCUT2D eigenvalue weighted by molar-refractivity contribution is 0.270. The van der Waals surface area contributed by atoms with Crippen molar-refractivity contribution in [3.05, 3.63) is 23.7 Å². The van der Waals surface area contributed by atoms with Crippen LogP contribution in [0.2, 0.25) is 0 Å². The van der Waals surface area contributed by atoms with E-state index >= 15 is 0 Å². The van der Waals surface area contributed by atoms with Gasteiger partial charge in [-0.1, -0.05) is 19.8 Å². The van der Waals surface area contributed by atoms with Gasteiger partial charge >= 0.3 is 0 Å². The van der Waals surface area contributed by atoms with Crippen LogP contribution >= 0.6 is 0 Å². The number of hydrogen-bond acceptors (Lipinski definition) is 3. The summed E-state index contributed by atoms with van der Waals surface area (Å²) in [5, 5.41) is 3.40. The highest BCUT2D eigenvalue weighted by molar-refractivity contribution is 5.17. The predicted octanol–water partition coefficient (Wildman–Crippen LogP) is 2.62. The molecule has 1 aromatic rings. The van der Waals surface area contributed by atoms with E-state index in [9.17, 15) is 0 Å². The lowest BCUT2D eigenvalue weighted by atomic mass is 10.2. The summed E-state index contributed by atoms with van der Waals surface area (Å²) in [6.45, 7) is 8.72. The van der Waals surface area contributed by atoms with E-state index in [1.54, 1.807) is 6.26 Å². The Balaban J connectivity index is 2.54. The largest absolute Gasteiger partial charge is 0.468 e. The zero-order valence-corrected chi connectivity index (χ0v) is 11.5. The fourth-order valence-electron chi connectivity index (χ4n) is 1.93. The molecule has 0 aliphatic rings. The van der Waals surface area contributed by atoms with Gasteiger partial charge in [-0.3, -0.25) is 4.90 Å². The number of nitrogens with zero attached hydrogens (tertiary/aromatic N) is 1. The molecule has 0 bridgehead atoms. The SMILES string of the molecule is C#CCN(CCC)Cc1occc1CNCCC. The second-order valence-corrected chi connectivity index (χ2v) is 4.46. The second kappa shape index (κ2) is 8.79. The van der Waals surface area contributed by atoms with Crippen LogP contribution in [0.1, 0.15) is 38.0 Å². The minimum atomic E-state index is 0.677. The Morgan fingerprint density at radius 1 is 1.39 bits per heavy atom. The third-order valence-corrected chi connectivity index (χ3v) is 2.80. The van der Waals surface area contributed by atoms with Crippen LogP contribution in [0.3, 0.4) is 0 Å². The van der Waals surface area contributed by atoms with Crippen LogP contribution in [0.5, 0.6) is 0 Å². The van der Waals surface area contributed by atoms with E-state index in [0.29, 0.717) is 6.54 Å². The van der Waals surface area contributed by atoms with Crippen molar-refractivity contribution in [1.82, 2.24) is 10.2 Å². The predicted molar refractivity (Wildman–Crippen MR) is 75.1 cm³/mol. The van der Waals surface area contributed by atoms with Crippen LogP contribution in [-0.2, 0) is 13.1 Å². The summed E-state index contributed by atoms with van der Waals surface area (Å²) in [5.74, 6) is 3.74. The summed E-state index contributed by atoms with van der Waals surface area (Å²) in [4.78, 5) is 2.24. The zero-order valence-electron chi connectivity index (χ0n) is 11.5. The molecule has 0 atom stereocenters. The topological polar surface area (TPSA) is 28.4 Å². The highest BCUT2D eigenvalue weighted by Gasteiger charge is 2.10. The van der Waals surface area contributed by atoms with Crippen molar-refractivity contribution < 1.29 is 4.42 Å². The molecular weight excluding hydrogens is 224 g/mol. The Bertz CT molecular complexity index is 365. The lowest BCUT2D eigenvalue weighted by Crippen LogP contribution is -2.25. The molecule has 0 fully saturated rings. The summed E-state index contributed by atoms with van der Waals surface area (Å²) in [6, 6.07) is 2.04. The van der Waals surface area contributed by atoms with Crippen LogP contribution in [0.4, 0.5) is 0 Å². The van der Waals surface area contributed by atoms with Crippen molar-refractivity contribution >= 4 is 0 Å². The fourth-order valence-corrected chi connectivity index (χ4v) is 1.93. The molecule has 1 N–H and O–H groups in total. The minimum absolute atomic E-state index is 0.677. The monoisotopic (exact) mass is 248 g/mol. The Hall–Kier alpha value is -1.24. The van der Waals surface area contributed by atoms with Gasteiger partial charge in [-0.05, 0) is 32.0 Å². The van der Waals surface area contributed by atoms with Crippen molar-refractivity contribution in [2.45, 2.75) is 39.8 Å². The van der Waals surface area contributed by atoms with Gasteiger partial charge in [0.25, 0.3) is 0 Å². The number of hydrogen-bond donors (Lipinski definition) is 1. The van der Waals surface area contributed by atoms with Crippen molar-refractivity contribution in [2.24, 2.45) is 0 Å². The van der Waals surface area contributed by atoms with E-state index < -0.39 is 0 Å². The van der Waals surface area contributed by atoms with Crippen molar-refractivity contribution in [1.29, 1.82) is 0 Å². The third kappa shape index (κ3) is 4.95. The highest BCUT2D eigenvalue weighted by Crippen LogP contribution is 2.13. The molecule has 0 unspecified atom stereocenters. The smallest absolute Gasteiger partial charge is 0.122 e. The second-order valence-electron chi connectivity index (χ2n) is 4.46. The van der Waals surface area contributed by atoms with E-state index in [0.717, 1.165) is 44.8 Å². The summed E-state index contributed by atoms with van der Waals surface area (Å²) in [5.41, 5.74) is 1.24. The molecule has 0 spiro atoms. The maximum absolute atomic E-state index is 5.57. The van der Waals surface area contributed by atoms with Crippen LogP contribution in [0, 0.1) is 12.3 Å². The average molecular weight is 248 g/mol. The number of nitrogens with one attached hydrogen (secondary N) is 1. The molecule has 1 heterocycles. The highest BCUT2D eigenvalue weighted by atomic mass is 16.3. The minimum Gasteiger partial charge on any atom is -0.468 e. The molecule has 0 aromatic carbocycles. The Morgan fingerprint density at radius 3 is 2.89 bits per heavy atom. The van der Waals surface area contributed by atoms with E-state index in [4.69, 9.17) is 10.8 Å². The molecule has 1 rings (SSSR count). The number of furan rings is 1. The van der Waals surface area contributed by atoms with Gasteiger partial charge in [0.15, 0.2) is 0 Å². The van der Waals surface area contributed by atoms with Gasteiger partial charge in [0, 0.05) is 12.1 Å². The van der Waals surface area contributed by atoms with Gasteiger partial charge < -0.3 is 9.73 Å². The third-order valence-electron chi connectivity index (χ3n) is 2.80. The summed E-state index contributed by atoms with van der Waals surface area (Å²) >= 11 is 0. The Labute approximate surface area is 111 Å². The normalized spacial score (nSPS) is 10.8. The fraction of sp³-hybridized carbons (Fsp3) is 0.600. The average Bonchev–Trinajstić information content (AvgIpc) is 2.78. The molecule has 1 aromatic heterocycles. The van der Waals surface area contributed by atoms with Crippen molar-refractivity contribution in [3.63, 3.8) is 0 Å². The first-order valence-electron chi connectivity index (χ1n) is 6.73. The van der Waals surface area contributed by atoms with Gasteiger partial charge in [-0.2, -0.15) is 0 Å². The zero-order chi connectivity index (χ0) is 13.2. The molecule has 0 aliphatic heterocycles. The first kappa shape index (κ1) is 14.8.